The second kappa shape index (κ2) is 20.8. The third-order valence-corrected chi connectivity index (χ3v) is 6.83. The maximum atomic E-state index is 12.2. The van der Waals surface area contributed by atoms with E-state index in [1.165, 1.54) is 57.8 Å². The smallest absolute Gasteiger partial charge is 0.220 e. The Bertz CT molecular complexity index is 603. The summed E-state index contributed by atoms with van der Waals surface area (Å²) in [5, 5.41) is 52.8. The summed E-state index contributed by atoms with van der Waals surface area (Å²) in [5.41, 5.74) is 0. The third-order valence-electron chi connectivity index (χ3n) is 6.83. The molecule has 0 aliphatic carbocycles. The van der Waals surface area contributed by atoms with Crippen LogP contribution in [0.15, 0.2) is 12.2 Å². The summed E-state index contributed by atoms with van der Waals surface area (Å²) in [4.78, 5) is 12.2. The monoisotopic (exact) mass is 531 g/mol. The number of nitrogens with one attached hydrogen (secondary N) is 1. The molecular weight excluding hydrogens is 478 g/mol. The number of rotatable bonds is 21. The Hall–Kier alpha value is -1.07. The first-order valence-electron chi connectivity index (χ1n) is 14.4. The van der Waals surface area contributed by atoms with Crippen molar-refractivity contribution < 1.29 is 39.8 Å². The standard InChI is InChI=1S/C28H53NO8/c1-3-5-6-7-8-9-10-11-12-13-14-15-16-18-22(31)21(29-24(32)17-4-2)20-36-28-27(35)26(34)25(33)23(19-30)37-28/h16,18,21-23,25-28,30-31,33-35H,3-15,17,19-20H2,1-2H3,(H,29,32)/t21-,22+,23+,25+,26-,27+,28+/m0/s1. The number of aliphatic hydroxyl groups is 5. The zero-order valence-electron chi connectivity index (χ0n) is 23.0. The Kier molecular flexibility index (Phi) is 19.1. The molecule has 1 aliphatic heterocycles. The van der Waals surface area contributed by atoms with E-state index < -0.39 is 49.5 Å². The van der Waals surface area contributed by atoms with Crippen molar-refractivity contribution in [2.45, 2.75) is 147 Å². The zero-order valence-corrected chi connectivity index (χ0v) is 23.0. The number of carbonyl (C=O) groups is 1. The van der Waals surface area contributed by atoms with Crippen LogP contribution < -0.4 is 5.32 Å². The van der Waals surface area contributed by atoms with Gasteiger partial charge in [-0.25, -0.2) is 0 Å². The minimum Gasteiger partial charge on any atom is -0.394 e. The molecule has 37 heavy (non-hydrogen) atoms. The molecule has 1 rings (SSSR count). The second-order valence-corrected chi connectivity index (χ2v) is 10.2. The predicted molar refractivity (Wildman–Crippen MR) is 143 cm³/mol. The number of hydrogen-bond donors (Lipinski definition) is 6. The molecule has 0 aromatic rings. The van der Waals surface area contributed by atoms with Crippen LogP contribution in [0.5, 0.6) is 0 Å². The topological polar surface area (TPSA) is 149 Å². The molecule has 0 aromatic carbocycles. The van der Waals surface area contributed by atoms with Crippen molar-refractivity contribution in [2.75, 3.05) is 13.2 Å². The first kappa shape index (κ1) is 34.0. The van der Waals surface area contributed by atoms with Crippen LogP contribution in [0.2, 0.25) is 0 Å². The molecule has 1 aliphatic rings. The molecule has 6 N–H and O–H groups in total. The van der Waals surface area contributed by atoms with E-state index in [9.17, 15) is 30.3 Å². The van der Waals surface area contributed by atoms with Crippen LogP contribution in [-0.2, 0) is 14.3 Å². The molecule has 0 spiro atoms. The number of aliphatic hydroxyl groups excluding tert-OH is 5. The molecule has 1 saturated heterocycles. The fraction of sp³-hybridized carbons (Fsp3) is 0.893. The molecule has 0 aromatic heterocycles. The lowest BCUT2D eigenvalue weighted by atomic mass is 9.99. The number of unbranched alkanes of at least 4 members (excludes halogenated alkanes) is 11. The zero-order chi connectivity index (χ0) is 27.5. The Morgan fingerprint density at radius 3 is 2.05 bits per heavy atom. The van der Waals surface area contributed by atoms with E-state index >= 15 is 0 Å². The highest BCUT2D eigenvalue weighted by atomic mass is 16.7. The fourth-order valence-electron chi connectivity index (χ4n) is 4.43. The van der Waals surface area contributed by atoms with Crippen LogP contribution in [0, 0.1) is 0 Å². The summed E-state index contributed by atoms with van der Waals surface area (Å²) >= 11 is 0. The van der Waals surface area contributed by atoms with Gasteiger partial charge >= 0.3 is 0 Å². The van der Waals surface area contributed by atoms with E-state index in [-0.39, 0.29) is 12.5 Å². The van der Waals surface area contributed by atoms with E-state index in [2.05, 4.69) is 12.2 Å². The van der Waals surface area contributed by atoms with Crippen LogP contribution in [0.1, 0.15) is 104 Å². The molecule has 0 radical (unpaired) electrons. The van der Waals surface area contributed by atoms with Crippen LogP contribution in [0.25, 0.3) is 0 Å². The first-order chi connectivity index (χ1) is 17.8. The number of allylic oxidation sites excluding steroid dienone is 1. The van der Waals surface area contributed by atoms with Gasteiger partial charge in [0, 0.05) is 6.42 Å². The summed E-state index contributed by atoms with van der Waals surface area (Å²) < 4.78 is 10.9. The van der Waals surface area contributed by atoms with Crippen molar-refractivity contribution in [2.24, 2.45) is 0 Å². The maximum absolute atomic E-state index is 12.2. The van der Waals surface area contributed by atoms with Crippen molar-refractivity contribution in [1.82, 2.24) is 5.32 Å². The summed E-state index contributed by atoms with van der Waals surface area (Å²) in [6.07, 6.45) is 11.3. The molecule has 9 nitrogen and oxygen atoms in total. The van der Waals surface area contributed by atoms with E-state index in [1.807, 2.05) is 13.0 Å². The van der Waals surface area contributed by atoms with Gasteiger partial charge in [0.1, 0.15) is 24.4 Å². The van der Waals surface area contributed by atoms with Crippen molar-refractivity contribution in [3.8, 4) is 0 Å². The van der Waals surface area contributed by atoms with Crippen molar-refractivity contribution in [3.63, 3.8) is 0 Å². The molecule has 218 valence electrons. The van der Waals surface area contributed by atoms with E-state index in [0.29, 0.717) is 12.8 Å². The minimum absolute atomic E-state index is 0.192. The predicted octanol–water partition coefficient (Wildman–Crippen LogP) is 2.71. The average Bonchev–Trinajstić information content (AvgIpc) is 2.88. The Labute approximate surface area is 223 Å². The van der Waals surface area contributed by atoms with Crippen LogP contribution in [-0.4, -0.2) is 87.5 Å². The van der Waals surface area contributed by atoms with Gasteiger partial charge in [0.05, 0.1) is 25.4 Å². The minimum atomic E-state index is -1.56. The molecule has 9 heteroatoms. The number of carbonyl (C=O) groups excluding carboxylic acids is 1. The van der Waals surface area contributed by atoms with Gasteiger partial charge in [-0.05, 0) is 19.3 Å². The van der Waals surface area contributed by atoms with Gasteiger partial charge in [-0.3, -0.25) is 4.79 Å². The van der Waals surface area contributed by atoms with Gasteiger partial charge in [0.25, 0.3) is 0 Å². The maximum Gasteiger partial charge on any atom is 0.220 e. The molecule has 1 fully saturated rings. The van der Waals surface area contributed by atoms with E-state index in [1.54, 1.807) is 6.08 Å². The number of amides is 1. The van der Waals surface area contributed by atoms with Gasteiger partial charge in [-0.15, -0.1) is 0 Å². The molecule has 0 bridgehead atoms. The van der Waals surface area contributed by atoms with Gasteiger partial charge in [-0.2, -0.15) is 0 Å². The fourth-order valence-corrected chi connectivity index (χ4v) is 4.43. The highest BCUT2D eigenvalue weighted by molar-refractivity contribution is 5.76. The lowest BCUT2D eigenvalue weighted by Gasteiger charge is -2.40. The Morgan fingerprint density at radius 1 is 0.892 bits per heavy atom. The third kappa shape index (κ3) is 14.0. The SMILES string of the molecule is CCCCCCCCCCCCCC=C[C@@H](O)[C@H](CO[C@@H]1O[C@H](CO)[C@@H](O)[C@H](O)[C@H]1O)NC(=O)CCC. The first-order valence-corrected chi connectivity index (χ1v) is 14.4. The summed E-state index contributed by atoms with van der Waals surface area (Å²) in [5.74, 6) is -0.234. The van der Waals surface area contributed by atoms with Gasteiger partial charge in [0.15, 0.2) is 6.29 Å². The highest BCUT2D eigenvalue weighted by Gasteiger charge is 2.44. The molecule has 7 atom stereocenters. The molecule has 1 heterocycles. The molecule has 0 unspecified atom stereocenters. The largest absolute Gasteiger partial charge is 0.394 e. The Morgan fingerprint density at radius 2 is 1.49 bits per heavy atom. The highest BCUT2D eigenvalue weighted by Crippen LogP contribution is 2.22. The van der Waals surface area contributed by atoms with Crippen LogP contribution >= 0.6 is 0 Å². The van der Waals surface area contributed by atoms with Crippen LogP contribution in [0.3, 0.4) is 0 Å². The molecule has 0 saturated carbocycles. The summed E-state index contributed by atoms with van der Waals surface area (Å²) in [6, 6.07) is -0.792. The number of hydrogen-bond acceptors (Lipinski definition) is 8. The average molecular weight is 532 g/mol. The van der Waals surface area contributed by atoms with Crippen LogP contribution in [0.4, 0.5) is 0 Å². The summed E-state index contributed by atoms with van der Waals surface area (Å²) in [7, 11) is 0. The second-order valence-electron chi connectivity index (χ2n) is 10.2. The normalized spacial score (nSPS) is 25.9. The lowest BCUT2D eigenvalue weighted by Crippen LogP contribution is -2.60. The number of ether oxygens (including phenoxy) is 2. The van der Waals surface area contributed by atoms with E-state index in [4.69, 9.17) is 9.47 Å². The van der Waals surface area contributed by atoms with Crippen molar-refractivity contribution >= 4 is 5.91 Å². The summed E-state index contributed by atoms with van der Waals surface area (Å²) in [6.45, 7) is 3.36. The quantitative estimate of drug-likeness (QED) is 0.0978. The van der Waals surface area contributed by atoms with Gasteiger partial charge in [0.2, 0.25) is 5.91 Å². The Balaban J connectivity index is 2.41. The van der Waals surface area contributed by atoms with Gasteiger partial charge in [-0.1, -0.05) is 90.2 Å². The van der Waals surface area contributed by atoms with E-state index in [0.717, 1.165) is 19.3 Å². The van der Waals surface area contributed by atoms with Crippen molar-refractivity contribution in [1.29, 1.82) is 0 Å². The van der Waals surface area contributed by atoms with Crippen molar-refractivity contribution in [3.05, 3.63) is 12.2 Å². The lowest BCUT2D eigenvalue weighted by molar-refractivity contribution is -0.302. The molecular formula is C28H53NO8. The van der Waals surface area contributed by atoms with Gasteiger partial charge < -0.3 is 40.3 Å². The molecule has 1 amide bonds.